The number of halogens is 1. The largest absolute Gasteiger partial charge is 0.0867 e. The molecule has 0 saturated carbocycles. The van der Waals surface area contributed by atoms with Crippen LogP contribution in [0.4, 0.5) is 0 Å². The molecule has 0 nitrogen and oxygen atoms in total. The molecule has 0 fully saturated rings. The van der Waals surface area contributed by atoms with Gasteiger partial charge in [-0.25, -0.2) is 0 Å². The van der Waals surface area contributed by atoms with E-state index in [9.17, 15) is 0 Å². The molecule has 0 aromatic carbocycles. The third kappa shape index (κ3) is 9.86. The number of hydrogen-bond donors (Lipinski definition) is 0. The van der Waals surface area contributed by atoms with E-state index in [1.807, 2.05) is 0 Å². The summed E-state index contributed by atoms with van der Waals surface area (Å²) < 4.78 is 1.22. The Morgan fingerprint density at radius 2 is 1.75 bits per heavy atom. The second-order valence-corrected chi connectivity index (χ2v) is 1.79. The molecule has 0 radical (unpaired) electrons. The summed E-state index contributed by atoms with van der Waals surface area (Å²) in [4.78, 5) is 0. The molecule has 0 unspecified atom stereocenters. The monoisotopic (exact) mass is 204 g/mol. The van der Waals surface area contributed by atoms with Crippen LogP contribution in [0.15, 0.2) is 0 Å². The topological polar surface area (TPSA) is 0 Å². The molecule has 24 valence electrons. The van der Waals surface area contributed by atoms with Crippen molar-refractivity contribution in [1.82, 2.24) is 0 Å². The van der Waals surface area contributed by atoms with Crippen molar-refractivity contribution < 1.29 is 21.7 Å². The Labute approximate surface area is 55.4 Å². The van der Waals surface area contributed by atoms with Crippen LogP contribution in [0.1, 0.15) is 6.92 Å². The molecule has 2 heteroatoms. The molecule has 0 aromatic rings. The number of hydrogen-bond acceptors (Lipinski definition) is 0. The van der Waals surface area contributed by atoms with Gasteiger partial charge >= 0.3 is 0 Å². The third-order valence-electron chi connectivity index (χ3n) is 0. The minimum atomic E-state index is 0. The summed E-state index contributed by atoms with van der Waals surface area (Å²) in [6, 6.07) is 0. The van der Waals surface area contributed by atoms with Gasteiger partial charge in [-0.15, -0.1) is 0 Å². The number of rotatable bonds is 0. The van der Waals surface area contributed by atoms with Crippen LogP contribution < -0.4 is 0 Å². The van der Waals surface area contributed by atoms with E-state index in [0.717, 1.165) is 0 Å². The van der Waals surface area contributed by atoms with Crippen molar-refractivity contribution >= 4 is 22.6 Å². The molecular weight excluding hydrogens is 199 g/mol. The van der Waals surface area contributed by atoms with Crippen molar-refractivity contribution in [3.05, 3.63) is 0 Å². The van der Waals surface area contributed by atoms with Gasteiger partial charge < -0.3 is 0 Å². The van der Waals surface area contributed by atoms with E-state index < -0.39 is 0 Å². The van der Waals surface area contributed by atoms with Gasteiger partial charge in [0, 0.05) is 21.7 Å². The van der Waals surface area contributed by atoms with Gasteiger partial charge in [0.2, 0.25) is 0 Å². The van der Waals surface area contributed by atoms with E-state index in [1.54, 1.807) is 0 Å². The summed E-state index contributed by atoms with van der Waals surface area (Å²) in [6.45, 7) is 2.11. The second kappa shape index (κ2) is 8.82. The van der Waals surface area contributed by atoms with E-state index in [1.165, 1.54) is 4.43 Å². The summed E-state index contributed by atoms with van der Waals surface area (Å²) in [5.74, 6) is 0. The molecule has 0 aliphatic rings. The predicted molar refractivity (Wildman–Crippen MR) is 24.6 cm³/mol. The van der Waals surface area contributed by atoms with Crippen molar-refractivity contribution in [2.24, 2.45) is 0 Å². The van der Waals surface area contributed by atoms with Gasteiger partial charge in [0.05, 0.1) is 0 Å². The molecule has 0 atom stereocenters. The van der Waals surface area contributed by atoms with E-state index in [0.29, 0.717) is 0 Å². The Balaban J connectivity index is 0. The Hall–Kier alpha value is 1.44. The molecule has 4 heavy (non-hydrogen) atoms. The first-order valence-electron chi connectivity index (χ1n) is 0.974. The van der Waals surface area contributed by atoms with Crippen molar-refractivity contribution in [1.29, 1.82) is 0 Å². The van der Waals surface area contributed by atoms with Crippen LogP contribution in [-0.4, -0.2) is 4.43 Å². The molecule has 0 aromatic heterocycles. The minimum absolute atomic E-state index is 0. The quantitative estimate of drug-likeness (QED) is 0.318. The predicted octanol–water partition coefficient (Wildman–Crippen LogP) is 1.44. The summed E-state index contributed by atoms with van der Waals surface area (Å²) in [6.07, 6.45) is 0. The van der Waals surface area contributed by atoms with Crippen LogP contribution in [0.25, 0.3) is 0 Å². The van der Waals surface area contributed by atoms with E-state index >= 15 is 0 Å². The standard InChI is InChI=1S/C2H5I.Ti/c1-2-3;/h2H2,1H3;. The summed E-state index contributed by atoms with van der Waals surface area (Å²) in [5.41, 5.74) is 0. The van der Waals surface area contributed by atoms with Crippen molar-refractivity contribution in [2.45, 2.75) is 6.92 Å². The molecule has 0 amide bonds. The van der Waals surface area contributed by atoms with Gasteiger partial charge in [0.15, 0.2) is 0 Å². The molecule has 0 aliphatic carbocycles. The van der Waals surface area contributed by atoms with Crippen LogP contribution in [-0.2, 0) is 21.7 Å². The van der Waals surface area contributed by atoms with Gasteiger partial charge in [-0.1, -0.05) is 29.5 Å². The van der Waals surface area contributed by atoms with Gasteiger partial charge in [0.1, 0.15) is 0 Å². The Bertz CT molecular complexity index is 6.00. The fraction of sp³-hybridized carbons (Fsp3) is 1.00. The average molecular weight is 204 g/mol. The molecular formula is C2H5ITi. The van der Waals surface area contributed by atoms with E-state index in [-0.39, 0.29) is 21.7 Å². The summed E-state index contributed by atoms with van der Waals surface area (Å²) >= 11 is 2.29. The smallest absolute Gasteiger partial charge is 0 e. The van der Waals surface area contributed by atoms with Gasteiger partial charge in [-0.2, -0.15) is 0 Å². The molecule has 0 bridgehead atoms. The fourth-order valence-corrected chi connectivity index (χ4v) is 0. The normalized spacial score (nSPS) is 4.50. The van der Waals surface area contributed by atoms with Gasteiger partial charge in [-0.05, 0) is 4.43 Å². The summed E-state index contributed by atoms with van der Waals surface area (Å²) in [5, 5.41) is 0. The first-order chi connectivity index (χ1) is 1.41. The van der Waals surface area contributed by atoms with Crippen LogP contribution in [0.3, 0.4) is 0 Å². The Kier molecular flexibility index (Phi) is 20.0. The van der Waals surface area contributed by atoms with Crippen molar-refractivity contribution in [3.63, 3.8) is 0 Å². The first-order valence-corrected chi connectivity index (χ1v) is 2.50. The van der Waals surface area contributed by atoms with Crippen LogP contribution in [0, 0.1) is 0 Å². The average Bonchev–Trinajstić information content (AvgIpc) is 0.918. The maximum atomic E-state index is 2.29. The maximum absolute atomic E-state index is 2.29. The Morgan fingerprint density at radius 1 is 1.75 bits per heavy atom. The molecule has 0 N–H and O–H groups in total. The third-order valence-corrected chi connectivity index (χ3v) is 0. The van der Waals surface area contributed by atoms with Crippen molar-refractivity contribution in [3.8, 4) is 0 Å². The first kappa shape index (κ1) is 9.06. The van der Waals surface area contributed by atoms with Crippen LogP contribution in [0.5, 0.6) is 0 Å². The fourth-order valence-electron chi connectivity index (χ4n) is 0. The summed E-state index contributed by atoms with van der Waals surface area (Å²) in [7, 11) is 0. The van der Waals surface area contributed by atoms with E-state index in [4.69, 9.17) is 0 Å². The second-order valence-electron chi connectivity index (χ2n) is 0.267. The van der Waals surface area contributed by atoms with Gasteiger partial charge in [-0.3, -0.25) is 0 Å². The van der Waals surface area contributed by atoms with Crippen LogP contribution >= 0.6 is 22.6 Å². The zero-order valence-electron chi connectivity index (χ0n) is 2.59. The maximum Gasteiger partial charge on any atom is 0 e. The van der Waals surface area contributed by atoms with Crippen LogP contribution in [0.2, 0.25) is 0 Å². The SMILES string of the molecule is CCI.[Ti]. The molecule has 0 saturated heterocycles. The van der Waals surface area contributed by atoms with Crippen molar-refractivity contribution in [2.75, 3.05) is 4.43 Å². The molecule has 0 rings (SSSR count). The number of alkyl halides is 1. The molecule has 0 heterocycles. The minimum Gasteiger partial charge on any atom is -0.0867 e. The van der Waals surface area contributed by atoms with Gasteiger partial charge in [0.25, 0.3) is 0 Å². The zero-order valence-corrected chi connectivity index (χ0v) is 6.30. The van der Waals surface area contributed by atoms with E-state index in [2.05, 4.69) is 29.5 Å². The zero-order chi connectivity index (χ0) is 2.71. The molecule has 0 aliphatic heterocycles. The molecule has 0 spiro atoms. The Morgan fingerprint density at radius 3 is 1.75 bits per heavy atom.